The summed E-state index contributed by atoms with van der Waals surface area (Å²) < 4.78 is 0. The van der Waals surface area contributed by atoms with Crippen LogP contribution in [0, 0.1) is 0 Å². The Hall–Kier alpha value is -0.0800. The average Bonchev–Trinajstić information content (AvgIpc) is 2.54. The third-order valence-corrected chi connectivity index (χ3v) is 3.34. The molecular weight excluding hydrogens is 160 g/mol. The molecule has 0 aromatic heterocycles. The van der Waals surface area contributed by atoms with E-state index in [1.165, 1.54) is 45.4 Å². The highest BCUT2D eigenvalue weighted by Crippen LogP contribution is 2.17. The Balaban J connectivity index is 2.17. The molecule has 13 heavy (non-hydrogen) atoms. The molecule has 0 bridgehead atoms. The van der Waals surface area contributed by atoms with E-state index in [0.717, 1.165) is 6.04 Å². The lowest BCUT2D eigenvalue weighted by Crippen LogP contribution is -2.31. The first kappa shape index (κ1) is 11.0. The molecule has 2 nitrogen and oxygen atoms in total. The van der Waals surface area contributed by atoms with Gasteiger partial charge in [-0.05, 0) is 52.5 Å². The molecular formula is C11H24N2. The molecule has 1 fully saturated rings. The third kappa shape index (κ3) is 3.28. The molecule has 0 unspecified atom stereocenters. The Labute approximate surface area is 82.9 Å². The van der Waals surface area contributed by atoms with Gasteiger partial charge in [0.2, 0.25) is 0 Å². The van der Waals surface area contributed by atoms with Crippen molar-refractivity contribution in [3.8, 4) is 0 Å². The summed E-state index contributed by atoms with van der Waals surface area (Å²) in [6.07, 6.45) is 4.18. The van der Waals surface area contributed by atoms with Crippen molar-refractivity contribution in [2.75, 3.05) is 33.2 Å². The lowest BCUT2D eigenvalue weighted by Gasteiger charge is -2.24. The predicted molar refractivity (Wildman–Crippen MR) is 58.1 cm³/mol. The monoisotopic (exact) mass is 184 g/mol. The van der Waals surface area contributed by atoms with Crippen LogP contribution in [0.3, 0.4) is 0 Å². The molecule has 0 saturated carbocycles. The van der Waals surface area contributed by atoms with Crippen molar-refractivity contribution in [3.63, 3.8) is 0 Å². The molecule has 2 heteroatoms. The predicted octanol–water partition coefficient (Wildman–Crippen LogP) is 1.81. The molecule has 0 spiro atoms. The van der Waals surface area contributed by atoms with Crippen LogP contribution in [-0.4, -0.2) is 49.1 Å². The maximum Gasteiger partial charge on any atom is 0.0105 e. The van der Waals surface area contributed by atoms with Crippen molar-refractivity contribution in [2.24, 2.45) is 0 Å². The molecule has 1 rings (SSSR count). The normalized spacial score (nSPS) is 24.5. The topological polar surface area (TPSA) is 6.48 Å². The Morgan fingerprint density at radius 2 is 2.00 bits per heavy atom. The lowest BCUT2D eigenvalue weighted by molar-refractivity contribution is 0.236. The van der Waals surface area contributed by atoms with E-state index in [-0.39, 0.29) is 0 Å². The van der Waals surface area contributed by atoms with Crippen LogP contribution < -0.4 is 0 Å². The first-order chi connectivity index (χ1) is 6.27. The van der Waals surface area contributed by atoms with Gasteiger partial charge in [0.05, 0.1) is 0 Å². The standard InChI is InChI=1S/C11H24N2/c1-4-13(5-2)10-8-11-7-6-9-12(11)3/h11H,4-10H2,1-3H3/t11-/m1/s1. The van der Waals surface area contributed by atoms with E-state index in [9.17, 15) is 0 Å². The highest BCUT2D eigenvalue weighted by Gasteiger charge is 2.20. The van der Waals surface area contributed by atoms with Gasteiger partial charge in [0.15, 0.2) is 0 Å². The first-order valence-electron chi connectivity index (χ1n) is 5.70. The first-order valence-corrected chi connectivity index (χ1v) is 5.70. The van der Waals surface area contributed by atoms with Gasteiger partial charge in [-0.1, -0.05) is 13.8 Å². The lowest BCUT2D eigenvalue weighted by atomic mass is 10.1. The van der Waals surface area contributed by atoms with Crippen LogP contribution in [0.1, 0.15) is 33.1 Å². The van der Waals surface area contributed by atoms with Crippen molar-refractivity contribution in [3.05, 3.63) is 0 Å². The smallest absolute Gasteiger partial charge is 0.0105 e. The molecule has 0 radical (unpaired) electrons. The van der Waals surface area contributed by atoms with Gasteiger partial charge in [-0.25, -0.2) is 0 Å². The highest BCUT2D eigenvalue weighted by molar-refractivity contribution is 4.77. The van der Waals surface area contributed by atoms with Gasteiger partial charge in [0, 0.05) is 6.04 Å². The second kappa shape index (κ2) is 5.61. The minimum absolute atomic E-state index is 0.862. The molecule has 1 aliphatic rings. The van der Waals surface area contributed by atoms with Gasteiger partial charge in [-0.15, -0.1) is 0 Å². The fourth-order valence-corrected chi connectivity index (χ4v) is 2.22. The SMILES string of the molecule is CCN(CC)CC[C@H]1CCCN1C. The van der Waals surface area contributed by atoms with Crippen molar-refractivity contribution < 1.29 is 0 Å². The van der Waals surface area contributed by atoms with Gasteiger partial charge in [-0.3, -0.25) is 0 Å². The van der Waals surface area contributed by atoms with Crippen molar-refractivity contribution in [1.29, 1.82) is 0 Å². The van der Waals surface area contributed by atoms with Gasteiger partial charge in [0.1, 0.15) is 0 Å². The van der Waals surface area contributed by atoms with Crippen LogP contribution in [0.5, 0.6) is 0 Å². The number of nitrogens with zero attached hydrogens (tertiary/aromatic N) is 2. The molecule has 0 aromatic rings. The second-order valence-corrected chi connectivity index (χ2v) is 4.09. The molecule has 0 aliphatic carbocycles. The van der Waals surface area contributed by atoms with Crippen molar-refractivity contribution >= 4 is 0 Å². The van der Waals surface area contributed by atoms with Crippen molar-refractivity contribution in [1.82, 2.24) is 9.80 Å². The number of hydrogen-bond acceptors (Lipinski definition) is 2. The van der Waals surface area contributed by atoms with E-state index in [0.29, 0.717) is 0 Å². The molecule has 1 aliphatic heterocycles. The molecule has 1 saturated heterocycles. The van der Waals surface area contributed by atoms with Crippen molar-refractivity contribution in [2.45, 2.75) is 39.2 Å². The Bertz CT molecular complexity index is 132. The highest BCUT2D eigenvalue weighted by atomic mass is 15.2. The van der Waals surface area contributed by atoms with E-state index in [1.807, 2.05) is 0 Å². The van der Waals surface area contributed by atoms with Crippen LogP contribution >= 0.6 is 0 Å². The van der Waals surface area contributed by atoms with Crippen LogP contribution in [0.4, 0.5) is 0 Å². The maximum atomic E-state index is 2.52. The summed E-state index contributed by atoms with van der Waals surface area (Å²) in [5.41, 5.74) is 0. The Kier molecular flexibility index (Phi) is 4.74. The van der Waals surface area contributed by atoms with E-state index in [1.54, 1.807) is 0 Å². The maximum absolute atomic E-state index is 2.52. The molecule has 78 valence electrons. The van der Waals surface area contributed by atoms with E-state index >= 15 is 0 Å². The quantitative estimate of drug-likeness (QED) is 0.643. The van der Waals surface area contributed by atoms with Crippen LogP contribution in [0.15, 0.2) is 0 Å². The van der Waals surface area contributed by atoms with Gasteiger partial charge >= 0.3 is 0 Å². The molecule has 0 N–H and O–H groups in total. The zero-order valence-electron chi connectivity index (χ0n) is 9.42. The second-order valence-electron chi connectivity index (χ2n) is 4.09. The summed E-state index contributed by atoms with van der Waals surface area (Å²) in [6.45, 7) is 9.49. The summed E-state index contributed by atoms with van der Waals surface area (Å²) in [4.78, 5) is 5.04. The molecule has 0 amide bonds. The molecule has 1 atom stereocenters. The van der Waals surface area contributed by atoms with Gasteiger partial charge in [-0.2, -0.15) is 0 Å². The number of rotatable bonds is 5. The zero-order chi connectivity index (χ0) is 9.68. The summed E-state index contributed by atoms with van der Waals surface area (Å²) in [7, 11) is 2.26. The fourth-order valence-electron chi connectivity index (χ4n) is 2.22. The minimum Gasteiger partial charge on any atom is -0.304 e. The summed E-state index contributed by atoms with van der Waals surface area (Å²) in [5.74, 6) is 0. The van der Waals surface area contributed by atoms with E-state index < -0.39 is 0 Å². The van der Waals surface area contributed by atoms with Gasteiger partial charge < -0.3 is 9.80 Å². The Morgan fingerprint density at radius 1 is 1.31 bits per heavy atom. The largest absolute Gasteiger partial charge is 0.304 e. The summed E-state index contributed by atoms with van der Waals surface area (Å²) in [6, 6.07) is 0.862. The number of likely N-dealkylation sites (tertiary alicyclic amines) is 1. The van der Waals surface area contributed by atoms with E-state index in [4.69, 9.17) is 0 Å². The fraction of sp³-hybridized carbons (Fsp3) is 1.00. The van der Waals surface area contributed by atoms with E-state index in [2.05, 4.69) is 30.7 Å². The summed E-state index contributed by atoms with van der Waals surface area (Å²) >= 11 is 0. The van der Waals surface area contributed by atoms with Gasteiger partial charge in [0.25, 0.3) is 0 Å². The Morgan fingerprint density at radius 3 is 2.46 bits per heavy atom. The summed E-state index contributed by atoms with van der Waals surface area (Å²) in [5, 5.41) is 0. The van der Waals surface area contributed by atoms with Crippen LogP contribution in [0.25, 0.3) is 0 Å². The molecule has 1 heterocycles. The number of hydrogen-bond donors (Lipinski definition) is 0. The average molecular weight is 184 g/mol. The molecule has 0 aromatic carbocycles. The zero-order valence-corrected chi connectivity index (χ0v) is 9.42. The van der Waals surface area contributed by atoms with Crippen LogP contribution in [-0.2, 0) is 0 Å². The third-order valence-electron chi connectivity index (χ3n) is 3.34. The minimum atomic E-state index is 0.862. The van der Waals surface area contributed by atoms with Crippen LogP contribution in [0.2, 0.25) is 0 Å².